The van der Waals surface area contributed by atoms with E-state index in [1.807, 2.05) is 0 Å². The predicted octanol–water partition coefficient (Wildman–Crippen LogP) is 5.92. The summed E-state index contributed by atoms with van der Waals surface area (Å²) in [6.07, 6.45) is 6.20. The maximum absolute atomic E-state index is 5.59. The van der Waals surface area contributed by atoms with Crippen LogP contribution in [0, 0.1) is 13.8 Å². The van der Waals surface area contributed by atoms with E-state index in [4.69, 9.17) is 17.0 Å². The third kappa shape index (κ3) is 6.34. The SMILES string of the molecule is CCCc1cc(C)c(OC)cc1CCC(=S)NCCc1ccc(CC)c(C)c1. The highest BCUT2D eigenvalue weighted by atomic mass is 32.1. The molecule has 0 radical (unpaired) electrons. The van der Waals surface area contributed by atoms with Crippen molar-refractivity contribution in [3.63, 3.8) is 0 Å². The normalized spacial score (nSPS) is 10.8. The summed E-state index contributed by atoms with van der Waals surface area (Å²) in [6.45, 7) is 9.64. The number of thiocarbonyl (C=S) groups is 1. The van der Waals surface area contributed by atoms with E-state index in [1.165, 1.54) is 33.4 Å². The second kappa shape index (κ2) is 11.2. The zero-order valence-corrected chi connectivity index (χ0v) is 19.0. The van der Waals surface area contributed by atoms with Gasteiger partial charge < -0.3 is 10.1 Å². The van der Waals surface area contributed by atoms with Crippen LogP contribution in [0.1, 0.15) is 60.1 Å². The Morgan fingerprint density at radius 2 is 1.68 bits per heavy atom. The number of rotatable bonds is 10. The highest BCUT2D eigenvalue weighted by Gasteiger charge is 2.09. The van der Waals surface area contributed by atoms with Crippen molar-refractivity contribution in [3.8, 4) is 5.75 Å². The Kier molecular flexibility index (Phi) is 8.98. The molecule has 1 N–H and O–H groups in total. The van der Waals surface area contributed by atoms with Crippen LogP contribution in [0.2, 0.25) is 0 Å². The third-order valence-corrected chi connectivity index (χ3v) is 5.73. The van der Waals surface area contributed by atoms with Gasteiger partial charge in [-0.25, -0.2) is 0 Å². The maximum atomic E-state index is 5.59. The Hall–Kier alpha value is -1.87. The van der Waals surface area contributed by atoms with Crippen molar-refractivity contribution >= 4 is 17.2 Å². The summed E-state index contributed by atoms with van der Waals surface area (Å²) in [5.41, 5.74) is 8.19. The molecule has 0 heterocycles. The summed E-state index contributed by atoms with van der Waals surface area (Å²) >= 11 is 5.59. The summed E-state index contributed by atoms with van der Waals surface area (Å²) in [7, 11) is 1.74. The third-order valence-electron chi connectivity index (χ3n) is 5.38. The van der Waals surface area contributed by atoms with E-state index in [9.17, 15) is 0 Å². The average molecular weight is 398 g/mol. The first-order chi connectivity index (χ1) is 13.5. The molecule has 0 unspecified atom stereocenters. The molecule has 0 saturated carbocycles. The van der Waals surface area contributed by atoms with Crippen molar-refractivity contribution in [3.05, 3.63) is 63.7 Å². The highest BCUT2D eigenvalue weighted by molar-refractivity contribution is 7.80. The van der Waals surface area contributed by atoms with Gasteiger partial charge in [0.05, 0.1) is 12.1 Å². The fourth-order valence-electron chi connectivity index (χ4n) is 3.74. The van der Waals surface area contributed by atoms with E-state index in [0.717, 1.165) is 55.8 Å². The Morgan fingerprint density at radius 3 is 2.32 bits per heavy atom. The molecule has 0 fully saturated rings. The largest absolute Gasteiger partial charge is 0.496 e. The summed E-state index contributed by atoms with van der Waals surface area (Å²) in [4.78, 5) is 0.948. The van der Waals surface area contributed by atoms with Gasteiger partial charge in [-0.15, -0.1) is 0 Å². The van der Waals surface area contributed by atoms with Crippen LogP contribution in [0.5, 0.6) is 5.75 Å². The van der Waals surface area contributed by atoms with Gasteiger partial charge in [0, 0.05) is 13.0 Å². The van der Waals surface area contributed by atoms with Crippen LogP contribution in [0.15, 0.2) is 30.3 Å². The average Bonchev–Trinajstić information content (AvgIpc) is 2.67. The van der Waals surface area contributed by atoms with Crippen molar-refractivity contribution in [1.82, 2.24) is 5.32 Å². The van der Waals surface area contributed by atoms with Gasteiger partial charge in [-0.1, -0.05) is 56.8 Å². The molecular weight excluding hydrogens is 362 g/mol. The topological polar surface area (TPSA) is 21.3 Å². The van der Waals surface area contributed by atoms with Gasteiger partial charge >= 0.3 is 0 Å². The number of methoxy groups -OCH3 is 1. The lowest BCUT2D eigenvalue weighted by Gasteiger charge is -2.15. The molecule has 0 spiro atoms. The lowest BCUT2D eigenvalue weighted by Crippen LogP contribution is -2.24. The summed E-state index contributed by atoms with van der Waals surface area (Å²) < 4.78 is 5.52. The van der Waals surface area contributed by atoms with Crippen LogP contribution >= 0.6 is 12.2 Å². The first kappa shape index (κ1) is 22.4. The van der Waals surface area contributed by atoms with Crippen LogP contribution in [0.25, 0.3) is 0 Å². The molecule has 2 aromatic rings. The number of aryl methyl sites for hydroxylation is 5. The van der Waals surface area contributed by atoms with Gasteiger partial charge in [0.1, 0.15) is 5.75 Å². The Labute approximate surface area is 176 Å². The highest BCUT2D eigenvalue weighted by Crippen LogP contribution is 2.25. The van der Waals surface area contributed by atoms with Gasteiger partial charge in [-0.05, 0) is 79.0 Å². The van der Waals surface area contributed by atoms with Crippen molar-refractivity contribution in [2.45, 2.75) is 66.2 Å². The van der Waals surface area contributed by atoms with Crippen molar-refractivity contribution in [1.29, 1.82) is 0 Å². The van der Waals surface area contributed by atoms with Crippen LogP contribution in [-0.4, -0.2) is 18.6 Å². The van der Waals surface area contributed by atoms with E-state index < -0.39 is 0 Å². The minimum atomic E-state index is 0.881. The molecule has 0 saturated heterocycles. The lowest BCUT2D eigenvalue weighted by atomic mass is 9.96. The molecule has 0 aliphatic carbocycles. The lowest BCUT2D eigenvalue weighted by molar-refractivity contribution is 0.411. The van der Waals surface area contributed by atoms with Crippen LogP contribution in [-0.2, 0) is 25.7 Å². The molecule has 0 aliphatic rings. The number of nitrogens with one attached hydrogen (secondary N) is 1. The Morgan fingerprint density at radius 1 is 0.929 bits per heavy atom. The van der Waals surface area contributed by atoms with Crippen LogP contribution in [0.3, 0.4) is 0 Å². The van der Waals surface area contributed by atoms with Gasteiger partial charge in [-0.3, -0.25) is 0 Å². The fraction of sp³-hybridized carbons (Fsp3) is 0.480. The number of hydrogen-bond donors (Lipinski definition) is 1. The second-order valence-corrected chi connectivity index (χ2v) is 8.05. The first-order valence-electron chi connectivity index (χ1n) is 10.5. The van der Waals surface area contributed by atoms with Crippen LogP contribution < -0.4 is 10.1 Å². The molecule has 152 valence electrons. The molecule has 0 atom stereocenters. The summed E-state index contributed by atoms with van der Waals surface area (Å²) in [5.74, 6) is 0.972. The second-order valence-electron chi connectivity index (χ2n) is 7.55. The molecule has 2 nitrogen and oxygen atoms in total. The number of ether oxygens (including phenoxy) is 1. The molecule has 3 heteroatoms. The van der Waals surface area contributed by atoms with Gasteiger partial charge in [0.25, 0.3) is 0 Å². The van der Waals surface area contributed by atoms with Crippen molar-refractivity contribution < 1.29 is 4.74 Å². The zero-order chi connectivity index (χ0) is 20.5. The molecule has 0 amide bonds. The van der Waals surface area contributed by atoms with E-state index >= 15 is 0 Å². The summed E-state index contributed by atoms with van der Waals surface area (Å²) in [6, 6.07) is 11.3. The molecule has 2 rings (SSSR count). The zero-order valence-electron chi connectivity index (χ0n) is 18.2. The maximum Gasteiger partial charge on any atom is 0.122 e. The smallest absolute Gasteiger partial charge is 0.122 e. The monoisotopic (exact) mass is 397 g/mol. The first-order valence-corrected chi connectivity index (χ1v) is 10.9. The van der Waals surface area contributed by atoms with E-state index in [0.29, 0.717) is 0 Å². The van der Waals surface area contributed by atoms with Gasteiger partial charge in [0.2, 0.25) is 0 Å². The molecule has 0 aliphatic heterocycles. The van der Waals surface area contributed by atoms with E-state index in [-0.39, 0.29) is 0 Å². The predicted molar refractivity (Wildman–Crippen MR) is 125 cm³/mol. The molecular formula is C25H35NOS. The fourth-order valence-corrected chi connectivity index (χ4v) is 3.94. The summed E-state index contributed by atoms with van der Waals surface area (Å²) in [5, 5.41) is 3.44. The Bertz CT molecular complexity index is 797. The molecule has 0 bridgehead atoms. The van der Waals surface area contributed by atoms with Crippen molar-refractivity contribution in [2.75, 3.05) is 13.7 Å². The molecule has 2 aromatic carbocycles. The van der Waals surface area contributed by atoms with Crippen molar-refractivity contribution in [2.24, 2.45) is 0 Å². The quantitative estimate of drug-likeness (QED) is 0.503. The molecule has 28 heavy (non-hydrogen) atoms. The number of benzene rings is 2. The minimum absolute atomic E-state index is 0.881. The van der Waals surface area contributed by atoms with Gasteiger partial charge in [0.15, 0.2) is 0 Å². The van der Waals surface area contributed by atoms with Gasteiger partial charge in [-0.2, -0.15) is 0 Å². The number of hydrogen-bond acceptors (Lipinski definition) is 2. The molecule has 0 aromatic heterocycles. The standard InChI is InChI=1S/C25H35NOS/c1-6-8-22-16-19(4)24(27-5)17-23(22)11-12-25(28)26-14-13-20-9-10-21(7-2)18(3)15-20/h9-10,15-17H,6-8,11-14H2,1-5H3,(H,26,28). The van der Waals surface area contributed by atoms with Crippen LogP contribution in [0.4, 0.5) is 0 Å². The van der Waals surface area contributed by atoms with E-state index in [2.05, 4.69) is 63.3 Å². The minimum Gasteiger partial charge on any atom is -0.496 e. The van der Waals surface area contributed by atoms with E-state index in [1.54, 1.807) is 7.11 Å². The Balaban J connectivity index is 1.87.